The van der Waals surface area contributed by atoms with Gasteiger partial charge in [-0.3, -0.25) is 0 Å². The maximum absolute atomic E-state index is 5.50. The second-order valence-electron chi connectivity index (χ2n) is 3.47. The molecule has 92 valence electrons. The van der Waals surface area contributed by atoms with Gasteiger partial charge in [-0.2, -0.15) is 0 Å². The molecule has 3 nitrogen and oxygen atoms in total. The van der Waals surface area contributed by atoms with Crippen LogP contribution >= 0.6 is 0 Å². The van der Waals surface area contributed by atoms with E-state index in [4.69, 9.17) is 14.2 Å². The van der Waals surface area contributed by atoms with Crippen LogP contribution in [0.1, 0.15) is 19.4 Å². The van der Waals surface area contributed by atoms with Crippen molar-refractivity contribution < 1.29 is 14.2 Å². The van der Waals surface area contributed by atoms with Gasteiger partial charge >= 0.3 is 0 Å². The highest BCUT2D eigenvalue weighted by molar-refractivity contribution is 5.54. The molecule has 1 aromatic rings. The Morgan fingerprint density at radius 2 is 1.53 bits per heavy atom. The smallest absolute Gasteiger partial charge is 0.210 e. The molecule has 3 heteroatoms. The minimum Gasteiger partial charge on any atom is -0.493 e. The third-order valence-corrected chi connectivity index (χ3v) is 2.04. The summed E-state index contributed by atoms with van der Waals surface area (Å²) in [4.78, 5) is 0. The summed E-state index contributed by atoms with van der Waals surface area (Å²) in [6.07, 6.45) is 6.82. The van der Waals surface area contributed by atoms with Crippen LogP contribution in [0.4, 0.5) is 0 Å². The molecule has 0 radical (unpaired) electrons. The third kappa shape index (κ3) is 3.55. The second-order valence-corrected chi connectivity index (χ2v) is 3.47. The summed E-state index contributed by atoms with van der Waals surface area (Å²) in [5.41, 5.74) is 1.05. The van der Waals surface area contributed by atoms with E-state index in [0.717, 1.165) is 5.56 Å². The van der Waals surface area contributed by atoms with Crippen LogP contribution in [0, 0.1) is 6.92 Å². The zero-order chi connectivity index (χ0) is 12.7. The summed E-state index contributed by atoms with van der Waals surface area (Å²) in [5, 5.41) is 0. The Kier molecular flexibility index (Phi) is 5.14. The lowest BCUT2D eigenvalue weighted by atomic mass is 10.2. The van der Waals surface area contributed by atoms with Gasteiger partial charge in [-0.25, -0.2) is 0 Å². The maximum Gasteiger partial charge on any atom is 0.210 e. The van der Waals surface area contributed by atoms with E-state index in [-0.39, 0.29) is 0 Å². The van der Waals surface area contributed by atoms with Crippen LogP contribution in [0.5, 0.6) is 17.2 Å². The van der Waals surface area contributed by atoms with E-state index >= 15 is 0 Å². The van der Waals surface area contributed by atoms with E-state index in [2.05, 4.69) is 0 Å². The Labute approximate surface area is 102 Å². The number of hydrogen-bond donors (Lipinski definition) is 0. The Hall–Kier alpha value is -1.90. The molecule has 0 fully saturated rings. The van der Waals surface area contributed by atoms with E-state index in [1.807, 2.05) is 39.0 Å². The number of allylic oxidation sites excluding steroid dienone is 2. The summed E-state index contributed by atoms with van der Waals surface area (Å²) in [6.45, 7) is 5.75. The summed E-state index contributed by atoms with van der Waals surface area (Å²) < 4.78 is 16.3. The lowest BCUT2D eigenvalue weighted by molar-refractivity contribution is 0.359. The SMILES string of the molecule is C/C=C/Oc1cc(C)cc(OC)c1O/C=C/C. The molecule has 1 aromatic carbocycles. The van der Waals surface area contributed by atoms with Crippen molar-refractivity contribution in [2.75, 3.05) is 7.11 Å². The van der Waals surface area contributed by atoms with Crippen molar-refractivity contribution in [2.45, 2.75) is 20.8 Å². The average Bonchev–Trinajstić information content (AvgIpc) is 2.34. The highest BCUT2D eigenvalue weighted by Gasteiger charge is 2.12. The largest absolute Gasteiger partial charge is 0.493 e. The number of hydrogen-bond acceptors (Lipinski definition) is 3. The third-order valence-electron chi connectivity index (χ3n) is 2.04. The van der Waals surface area contributed by atoms with Crippen LogP contribution < -0.4 is 14.2 Å². The predicted octanol–water partition coefficient (Wildman–Crippen LogP) is 3.83. The first-order valence-corrected chi connectivity index (χ1v) is 5.47. The first-order chi connectivity index (χ1) is 8.22. The van der Waals surface area contributed by atoms with Crippen molar-refractivity contribution in [2.24, 2.45) is 0 Å². The fraction of sp³-hybridized carbons (Fsp3) is 0.286. The van der Waals surface area contributed by atoms with Crippen molar-refractivity contribution >= 4 is 0 Å². The average molecular weight is 234 g/mol. The van der Waals surface area contributed by atoms with Gasteiger partial charge < -0.3 is 14.2 Å². The molecule has 0 aromatic heterocycles. The molecule has 0 amide bonds. The molecule has 0 aliphatic carbocycles. The molecular formula is C14H18O3. The number of ether oxygens (including phenoxy) is 3. The molecule has 0 aliphatic rings. The minimum atomic E-state index is 0.578. The van der Waals surface area contributed by atoms with Crippen LogP contribution in [0.2, 0.25) is 0 Å². The second kappa shape index (κ2) is 6.63. The van der Waals surface area contributed by atoms with Crippen molar-refractivity contribution in [1.29, 1.82) is 0 Å². The van der Waals surface area contributed by atoms with E-state index < -0.39 is 0 Å². The summed E-state index contributed by atoms with van der Waals surface area (Å²) in [6, 6.07) is 3.81. The summed E-state index contributed by atoms with van der Waals surface area (Å²) >= 11 is 0. The van der Waals surface area contributed by atoms with Crippen LogP contribution in [-0.4, -0.2) is 7.11 Å². The van der Waals surface area contributed by atoms with Gasteiger partial charge in [0.1, 0.15) is 0 Å². The number of aryl methyl sites for hydroxylation is 1. The molecule has 0 bridgehead atoms. The summed E-state index contributed by atoms with van der Waals surface area (Å²) in [5.74, 6) is 1.87. The normalized spacial score (nSPS) is 11.1. The predicted molar refractivity (Wildman–Crippen MR) is 68.6 cm³/mol. The quantitative estimate of drug-likeness (QED) is 0.725. The van der Waals surface area contributed by atoms with E-state index in [0.29, 0.717) is 17.2 Å². The molecule has 17 heavy (non-hydrogen) atoms. The zero-order valence-corrected chi connectivity index (χ0v) is 10.7. The molecule has 0 heterocycles. The Balaban J connectivity index is 3.17. The van der Waals surface area contributed by atoms with Crippen LogP contribution in [0.25, 0.3) is 0 Å². The molecule has 0 N–H and O–H groups in total. The molecular weight excluding hydrogens is 216 g/mol. The molecule has 0 spiro atoms. The number of benzene rings is 1. The zero-order valence-electron chi connectivity index (χ0n) is 10.7. The fourth-order valence-corrected chi connectivity index (χ4v) is 1.34. The first-order valence-electron chi connectivity index (χ1n) is 5.47. The van der Waals surface area contributed by atoms with Crippen LogP contribution in [0.15, 0.2) is 36.8 Å². The van der Waals surface area contributed by atoms with Crippen molar-refractivity contribution in [3.8, 4) is 17.2 Å². The fourth-order valence-electron chi connectivity index (χ4n) is 1.34. The maximum atomic E-state index is 5.50. The lowest BCUT2D eigenvalue weighted by Crippen LogP contribution is -1.94. The molecule has 0 saturated heterocycles. The van der Waals surface area contributed by atoms with Crippen molar-refractivity contribution in [3.05, 3.63) is 42.4 Å². The monoisotopic (exact) mass is 234 g/mol. The Bertz CT molecular complexity index is 420. The van der Waals surface area contributed by atoms with Crippen LogP contribution in [-0.2, 0) is 0 Å². The summed E-state index contributed by atoms with van der Waals surface area (Å²) in [7, 11) is 1.61. The number of methoxy groups -OCH3 is 1. The first kappa shape index (κ1) is 13.2. The molecule has 0 saturated carbocycles. The van der Waals surface area contributed by atoms with Gasteiger partial charge in [0.2, 0.25) is 5.75 Å². The van der Waals surface area contributed by atoms with Gasteiger partial charge in [-0.15, -0.1) is 0 Å². The van der Waals surface area contributed by atoms with Gasteiger partial charge in [0.25, 0.3) is 0 Å². The van der Waals surface area contributed by atoms with Gasteiger partial charge in [0.15, 0.2) is 11.5 Å². The molecule has 0 aliphatic heterocycles. The van der Waals surface area contributed by atoms with Gasteiger partial charge in [0, 0.05) is 0 Å². The van der Waals surface area contributed by atoms with Gasteiger partial charge in [-0.05, 0) is 38.5 Å². The standard InChI is InChI=1S/C14H18O3/c1-5-7-16-13-10-11(3)9-12(15-4)14(13)17-8-6-2/h5-10H,1-4H3/b7-5+,8-6+. The topological polar surface area (TPSA) is 27.7 Å². The molecule has 1 rings (SSSR count). The minimum absolute atomic E-state index is 0.578. The Morgan fingerprint density at radius 1 is 0.941 bits per heavy atom. The number of rotatable bonds is 5. The Morgan fingerprint density at radius 3 is 2.12 bits per heavy atom. The highest BCUT2D eigenvalue weighted by Crippen LogP contribution is 2.38. The van der Waals surface area contributed by atoms with E-state index in [1.165, 1.54) is 0 Å². The van der Waals surface area contributed by atoms with E-state index in [1.54, 1.807) is 25.7 Å². The molecule has 0 atom stereocenters. The van der Waals surface area contributed by atoms with E-state index in [9.17, 15) is 0 Å². The molecule has 0 unspecified atom stereocenters. The van der Waals surface area contributed by atoms with Gasteiger partial charge in [0.05, 0.1) is 19.6 Å². The van der Waals surface area contributed by atoms with Crippen molar-refractivity contribution in [3.63, 3.8) is 0 Å². The highest BCUT2D eigenvalue weighted by atomic mass is 16.5. The van der Waals surface area contributed by atoms with Crippen LogP contribution in [0.3, 0.4) is 0 Å². The van der Waals surface area contributed by atoms with Crippen molar-refractivity contribution in [1.82, 2.24) is 0 Å². The van der Waals surface area contributed by atoms with Gasteiger partial charge in [-0.1, -0.05) is 12.2 Å². The lowest BCUT2D eigenvalue weighted by Gasteiger charge is -2.13.